The van der Waals surface area contributed by atoms with E-state index in [9.17, 15) is 4.79 Å². The number of likely N-dealkylation sites (tertiary alicyclic amines) is 1. The number of rotatable bonds is 4. The summed E-state index contributed by atoms with van der Waals surface area (Å²) >= 11 is 4.64. The van der Waals surface area contributed by atoms with Crippen molar-refractivity contribution in [1.29, 1.82) is 0 Å². The third-order valence-electron chi connectivity index (χ3n) is 2.92. The maximum atomic E-state index is 12.0. The van der Waals surface area contributed by atoms with E-state index in [1.165, 1.54) is 18.2 Å². The second-order valence-electron chi connectivity index (χ2n) is 4.24. The van der Waals surface area contributed by atoms with E-state index in [2.05, 4.69) is 25.9 Å². The maximum Gasteiger partial charge on any atom is 0.233 e. The molecule has 2 rings (SSSR count). The van der Waals surface area contributed by atoms with E-state index in [0.717, 1.165) is 25.9 Å². The molecule has 0 N–H and O–H groups in total. The fourth-order valence-corrected chi connectivity index (χ4v) is 2.97. The third-order valence-corrected chi connectivity index (χ3v) is 4.31. The summed E-state index contributed by atoms with van der Waals surface area (Å²) in [5, 5.41) is 0.561. The van der Waals surface area contributed by atoms with Gasteiger partial charge in [0, 0.05) is 19.3 Å². The molecule has 1 amide bonds. The summed E-state index contributed by atoms with van der Waals surface area (Å²) in [4.78, 5) is 22.3. The number of piperidine rings is 1. The van der Waals surface area contributed by atoms with Crippen molar-refractivity contribution in [1.82, 2.24) is 14.9 Å². The van der Waals surface area contributed by atoms with Gasteiger partial charge >= 0.3 is 0 Å². The second kappa shape index (κ2) is 7.09. The molecule has 1 aliphatic heterocycles. The number of halogens is 1. The van der Waals surface area contributed by atoms with Crippen molar-refractivity contribution in [3.05, 3.63) is 10.7 Å². The van der Waals surface area contributed by atoms with Crippen molar-refractivity contribution < 1.29 is 9.53 Å². The lowest BCUT2D eigenvalue weighted by atomic mass is 10.1. The van der Waals surface area contributed by atoms with E-state index in [-0.39, 0.29) is 5.91 Å². The van der Waals surface area contributed by atoms with Gasteiger partial charge in [0.2, 0.25) is 11.8 Å². The van der Waals surface area contributed by atoms with Crippen LogP contribution in [0.4, 0.5) is 0 Å². The number of hydrogen-bond acceptors (Lipinski definition) is 5. The first kappa shape index (κ1) is 14.6. The minimum absolute atomic E-state index is 0.162. The van der Waals surface area contributed by atoms with Crippen LogP contribution in [0.5, 0.6) is 5.88 Å². The fourth-order valence-electron chi connectivity index (χ4n) is 1.91. The molecule has 104 valence electrons. The number of hydrogen-bond donors (Lipinski definition) is 0. The number of amides is 1. The molecule has 0 unspecified atom stereocenters. The lowest BCUT2D eigenvalue weighted by Gasteiger charge is -2.26. The molecule has 5 nitrogen and oxygen atoms in total. The first-order valence-corrected chi connectivity index (χ1v) is 7.95. The van der Waals surface area contributed by atoms with Crippen LogP contribution in [0.15, 0.2) is 15.8 Å². The molecule has 1 aliphatic rings. The minimum atomic E-state index is 0.162. The van der Waals surface area contributed by atoms with Gasteiger partial charge in [0.15, 0.2) is 5.16 Å². The Hall–Kier alpha value is -0.820. The summed E-state index contributed by atoms with van der Waals surface area (Å²) in [6.45, 7) is 1.76. The van der Waals surface area contributed by atoms with Gasteiger partial charge < -0.3 is 9.64 Å². The highest BCUT2D eigenvalue weighted by Crippen LogP contribution is 2.24. The Morgan fingerprint density at radius 3 is 2.89 bits per heavy atom. The summed E-state index contributed by atoms with van der Waals surface area (Å²) in [6, 6.07) is 0. The maximum absolute atomic E-state index is 12.0. The predicted octanol–water partition coefficient (Wildman–Crippen LogP) is 2.35. The smallest absolute Gasteiger partial charge is 0.233 e. The van der Waals surface area contributed by atoms with Gasteiger partial charge in [-0.05, 0) is 35.2 Å². The minimum Gasteiger partial charge on any atom is -0.480 e. The molecule has 0 aliphatic carbocycles. The number of carbonyl (C=O) groups is 1. The molecular weight excluding hydrogens is 330 g/mol. The van der Waals surface area contributed by atoms with Crippen LogP contribution in [0.3, 0.4) is 0 Å². The molecule has 0 bridgehead atoms. The number of nitrogens with zero attached hydrogens (tertiary/aromatic N) is 3. The summed E-state index contributed by atoms with van der Waals surface area (Å²) < 4.78 is 5.81. The Kier molecular flexibility index (Phi) is 5.45. The van der Waals surface area contributed by atoms with Crippen LogP contribution in [-0.2, 0) is 4.79 Å². The molecule has 1 aromatic rings. The highest BCUT2D eigenvalue weighted by Gasteiger charge is 2.17. The van der Waals surface area contributed by atoms with Crippen molar-refractivity contribution in [3.8, 4) is 5.88 Å². The zero-order valence-corrected chi connectivity index (χ0v) is 13.2. The molecule has 7 heteroatoms. The highest BCUT2D eigenvalue weighted by molar-refractivity contribution is 9.10. The van der Waals surface area contributed by atoms with Gasteiger partial charge in [-0.2, -0.15) is 4.98 Å². The largest absolute Gasteiger partial charge is 0.480 e. The van der Waals surface area contributed by atoms with Gasteiger partial charge in [-0.1, -0.05) is 11.8 Å². The lowest BCUT2D eigenvalue weighted by molar-refractivity contribution is -0.129. The van der Waals surface area contributed by atoms with Crippen molar-refractivity contribution in [2.75, 3.05) is 26.0 Å². The van der Waals surface area contributed by atoms with Crippen LogP contribution >= 0.6 is 27.7 Å². The summed E-state index contributed by atoms with van der Waals surface area (Å²) in [7, 11) is 1.56. The van der Waals surface area contributed by atoms with Crippen LogP contribution in [0.1, 0.15) is 19.3 Å². The van der Waals surface area contributed by atoms with Gasteiger partial charge in [-0.3, -0.25) is 4.79 Å². The summed E-state index contributed by atoms with van der Waals surface area (Å²) in [5.74, 6) is 1.03. The molecular formula is C12H16BrN3O2S. The van der Waals surface area contributed by atoms with Crippen LogP contribution < -0.4 is 4.74 Å². The summed E-state index contributed by atoms with van der Waals surface area (Å²) in [5.41, 5.74) is 0. The normalized spacial score (nSPS) is 15.4. The SMILES string of the molecule is COc1nc(SCC(=O)N2CCCCC2)ncc1Br. The van der Waals surface area contributed by atoms with E-state index in [1.54, 1.807) is 13.3 Å². The zero-order chi connectivity index (χ0) is 13.7. The third kappa shape index (κ3) is 4.07. The van der Waals surface area contributed by atoms with E-state index in [0.29, 0.717) is 21.3 Å². The van der Waals surface area contributed by atoms with Crippen LogP contribution in [0.2, 0.25) is 0 Å². The van der Waals surface area contributed by atoms with E-state index >= 15 is 0 Å². The monoisotopic (exact) mass is 345 g/mol. The fraction of sp³-hybridized carbons (Fsp3) is 0.583. The highest BCUT2D eigenvalue weighted by atomic mass is 79.9. The molecule has 0 saturated carbocycles. The van der Waals surface area contributed by atoms with E-state index < -0.39 is 0 Å². The number of methoxy groups -OCH3 is 1. The molecule has 0 aromatic carbocycles. The van der Waals surface area contributed by atoms with Gasteiger partial charge in [0.25, 0.3) is 0 Å². The molecule has 0 radical (unpaired) electrons. The molecule has 1 saturated heterocycles. The van der Waals surface area contributed by atoms with Crippen molar-refractivity contribution in [2.45, 2.75) is 24.4 Å². The number of aromatic nitrogens is 2. The van der Waals surface area contributed by atoms with Crippen LogP contribution in [-0.4, -0.2) is 46.7 Å². The topological polar surface area (TPSA) is 55.3 Å². The summed E-state index contributed by atoms with van der Waals surface area (Å²) in [6.07, 6.45) is 5.08. The standard InChI is InChI=1S/C12H16BrN3O2S/c1-18-11-9(13)7-14-12(15-11)19-8-10(17)16-5-3-2-4-6-16/h7H,2-6,8H2,1H3. The zero-order valence-electron chi connectivity index (χ0n) is 10.8. The average molecular weight is 346 g/mol. The average Bonchev–Trinajstić information content (AvgIpc) is 2.47. The molecule has 2 heterocycles. The Labute approximate surface area is 125 Å². The Morgan fingerprint density at radius 1 is 1.47 bits per heavy atom. The van der Waals surface area contributed by atoms with Crippen LogP contribution in [0.25, 0.3) is 0 Å². The quantitative estimate of drug-likeness (QED) is 0.619. The molecule has 1 fully saturated rings. The van der Waals surface area contributed by atoms with E-state index in [1.807, 2.05) is 4.90 Å². The predicted molar refractivity (Wildman–Crippen MR) is 77.4 cm³/mol. The van der Waals surface area contributed by atoms with Gasteiger partial charge in [0.1, 0.15) is 0 Å². The van der Waals surface area contributed by atoms with Gasteiger partial charge in [-0.15, -0.1) is 0 Å². The van der Waals surface area contributed by atoms with Gasteiger partial charge in [-0.25, -0.2) is 4.98 Å². The molecule has 0 spiro atoms. The Balaban J connectivity index is 1.89. The van der Waals surface area contributed by atoms with Crippen molar-refractivity contribution >= 4 is 33.6 Å². The first-order valence-electron chi connectivity index (χ1n) is 6.18. The second-order valence-corrected chi connectivity index (χ2v) is 6.04. The Bertz CT molecular complexity index is 453. The van der Waals surface area contributed by atoms with Crippen LogP contribution in [0, 0.1) is 0 Å². The number of carbonyl (C=O) groups excluding carboxylic acids is 1. The van der Waals surface area contributed by atoms with Gasteiger partial charge in [0.05, 0.1) is 17.3 Å². The Morgan fingerprint density at radius 2 is 2.21 bits per heavy atom. The number of ether oxygens (including phenoxy) is 1. The molecule has 19 heavy (non-hydrogen) atoms. The number of thioether (sulfide) groups is 1. The lowest BCUT2D eigenvalue weighted by Crippen LogP contribution is -2.36. The first-order chi connectivity index (χ1) is 9.20. The molecule has 1 aromatic heterocycles. The van der Waals surface area contributed by atoms with Crippen molar-refractivity contribution in [2.24, 2.45) is 0 Å². The molecule has 0 atom stereocenters. The van der Waals surface area contributed by atoms with Crippen molar-refractivity contribution in [3.63, 3.8) is 0 Å². The van der Waals surface area contributed by atoms with E-state index in [4.69, 9.17) is 4.74 Å².